The van der Waals surface area contributed by atoms with E-state index in [2.05, 4.69) is 71.1 Å². The summed E-state index contributed by atoms with van der Waals surface area (Å²) in [4.78, 5) is 16.1. The van der Waals surface area contributed by atoms with Crippen LogP contribution in [0.2, 0.25) is 0 Å². The molecule has 1 heterocycles. The molecule has 0 bridgehead atoms. The van der Waals surface area contributed by atoms with Crippen LogP contribution in [0.15, 0.2) is 110 Å². The minimum atomic E-state index is -0.686. The first-order valence-corrected chi connectivity index (χ1v) is 12.3. The van der Waals surface area contributed by atoms with Gasteiger partial charge in [0, 0.05) is 6.07 Å². The van der Waals surface area contributed by atoms with Crippen LogP contribution in [0.25, 0.3) is 0 Å². The minimum Gasteiger partial charge on any atom is -0.442 e. The lowest BCUT2D eigenvalue weighted by molar-refractivity contribution is 0.0698. The first-order chi connectivity index (χ1) is 14.1. The van der Waals surface area contributed by atoms with E-state index in [1.807, 2.05) is 59.0 Å². The fourth-order valence-corrected chi connectivity index (χ4v) is 6.92. The maximum atomic E-state index is 12.4. The molecule has 146 valence electrons. The molecule has 0 spiro atoms. The first kappa shape index (κ1) is 20.5. The first-order valence-electron chi connectivity index (χ1n) is 8.79. The summed E-state index contributed by atoms with van der Waals surface area (Å²) in [5, 5.41) is 0. The SMILES string of the molecule is O=C(Oc1ccc([SH](c2ccccc2)c2ccccc2)cc1)c1oc(I)cc1I. The van der Waals surface area contributed by atoms with Crippen molar-refractivity contribution in [1.82, 2.24) is 0 Å². The van der Waals surface area contributed by atoms with Crippen LogP contribution in [0.1, 0.15) is 10.6 Å². The molecule has 0 aliphatic carbocycles. The molecule has 4 rings (SSSR count). The van der Waals surface area contributed by atoms with Gasteiger partial charge in [0.1, 0.15) is 5.75 Å². The average molecular weight is 626 g/mol. The number of thiol groups is 1. The summed E-state index contributed by atoms with van der Waals surface area (Å²) in [5.41, 5.74) is 0. The van der Waals surface area contributed by atoms with Crippen LogP contribution in [0.4, 0.5) is 0 Å². The number of rotatable bonds is 5. The van der Waals surface area contributed by atoms with Crippen molar-refractivity contribution in [2.75, 3.05) is 0 Å². The number of carbonyl (C=O) groups excluding carboxylic acids is 1. The Morgan fingerprint density at radius 3 is 1.76 bits per heavy atom. The van der Waals surface area contributed by atoms with E-state index >= 15 is 0 Å². The summed E-state index contributed by atoms with van der Waals surface area (Å²) >= 11 is 4.11. The van der Waals surface area contributed by atoms with E-state index in [1.165, 1.54) is 14.7 Å². The highest BCUT2D eigenvalue weighted by Crippen LogP contribution is 2.51. The summed E-state index contributed by atoms with van der Waals surface area (Å²) in [5.74, 6) is 0.241. The lowest BCUT2D eigenvalue weighted by Crippen LogP contribution is -2.08. The Morgan fingerprint density at radius 2 is 1.28 bits per heavy atom. The molecule has 1 aromatic heterocycles. The number of carbonyl (C=O) groups is 1. The summed E-state index contributed by atoms with van der Waals surface area (Å²) < 4.78 is 12.3. The Morgan fingerprint density at radius 1 is 0.759 bits per heavy atom. The van der Waals surface area contributed by atoms with Gasteiger partial charge in [-0.2, -0.15) is 10.9 Å². The predicted octanol–water partition coefficient (Wildman–Crippen LogP) is 7.19. The van der Waals surface area contributed by atoms with Gasteiger partial charge in [0.05, 0.1) is 3.57 Å². The highest BCUT2D eigenvalue weighted by molar-refractivity contribution is 14.1. The molecule has 0 aliphatic heterocycles. The van der Waals surface area contributed by atoms with Crippen LogP contribution in [0.3, 0.4) is 0 Å². The minimum absolute atomic E-state index is 0.231. The van der Waals surface area contributed by atoms with Gasteiger partial charge >= 0.3 is 5.97 Å². The van der Waals surface area contributed by atoms with Crippen LogP contribution in [0.5, 0.6) is 5.75 Å². The van der Waals surface area contributed by atoms with Gasteiger partial charge in [0.15, 0.2) is 3.77 Å². The van der Waals surface area contributed by atoms with Crippen molar-refractivity contribution < 1.29 is 13.9 Å². The summed E-state index contributed by atoms with van der Waals surface area (Å²) in [7, 11) is -0.686. The molecule has 0 amide bonds. The van der Waals surface area contributed by atoms with E-state index in [9.17, 15) is 4.79 Å². The van der Waals surface area contributed by atoms with Crippen molar-refractivity contribution in [2.24, 2.45) is 0 Å². The van der Waals surface area contributed by atoms with Crippen LogP contribution in [-0.4, -0.2) is 5.97 Å². The Hall–Kier alpha value is -1.78. The molecule has 6 heteroatoms. The normalized spacial score (nSPS) is 11.2. The van der Waals surface area contributed by atoms with Gasteiger partial charge in [-0.3, -0.25) is 0 Å². The van der Waals surface area contributed by atoms with Crippen LogP contribution >= 0.6 is 56.1 Å². The Bertz CT molecular complexity index is 1070. The van der Waals surface area contributed by atoms with Crippen LogP contribution < -0.4 is 4.74 Å². The van der Waals surface area contributed by atoms with E-state index < -0.39 is 16.9 Å². The number of hydrogen-bond acceptors (Lipinski definition) is 3. The Kier molecular flexibility index (Phi) is 6.61. The van der Waals surface area contributed by atoms with Gasteiger partial charge in [0.25, 0.3) is 0 Å². The molecule has 3 nitrogen and oxygen atoms in total. The molecule has 4 aromatic rings. The Labute approximate surface area is 199 Å². The fourth-order valence-electron chi connectivity index (χ4n) is 2.90. The molecule has 0 atom stereocenters. The monoisotopic (exact) mass is 626 g/mol. The van der Waals surface area contributed by atoms with Crippen molar-refractivity contribution >= 4 is 62.0 Å². The smallest absolute Gasteiger partial charge is 0.380 e. The summed E-state index contributed by atoms with van der Waals surface area (Å²) in [6.07, 6.45) is 0. The fraction of sp³-hybridized carbons (Fsp3) is 0. The molecule has 29 heavy (non-hydrogen) atoms. The second-order valence-electron chi connectivity index (χ2n) is 6.12. The van der Waals surface area contributed by atoms with Gasteiger partial charge in [-0.25, -0.2) is 4.79 Å². The van der Waals surface area contributed by atoms with Gasteiger partial charge in [0.2, 0.25) is 5.76 Å². The predicted molar refractivity (Wildman–Crippen MR) is 132 cm³/mol. The number of ether oxygens (including phenoxy) is 1. The maximum Gasteiger partial charge on any atom is 0.380 e. The van der Waals surface area contributed by atoms with Crippen LogP contribution in [0, 0.1) is 7.34 Å². The van der Waals surface area contributed by atoms with E-state index in [0.29, 0.717) is 9.52 Å². The zero-order valence-electron chi connectivity index (χ0n) is 15.1. The molecule has 0 saturated carbocycles. The van der Waals surface area contributed by atoms with Crippen molar-refractivity contribution in [2.45, 2.75) is 14.7 Å². The van der Waals surface area contributed by atoms with Crippen molar-refractivity contribution in [3.05, 3.63) is 104 Å². The second-order valence-corrected chi connectivity index (χ2v) is 10.6. The third kappa shape index (κ3) is 4.87. The van der Waals surface area contributed by atoms with E-state index in [1.54, 1.807) is 6.07 Å². The molecular formula is C23H16I2O3S. The molecule has 0 fully saturated rings. The van der Waals surface area contributed by atoms with Gasteiger partial charge in [-0.05, 0) is 108 Å². The number of hydrogen-bond donors (Lipinski definition) is 1. The average Bonchev–Trinajstić information content (AvgIpc) is 3.09. The topological polar surface area (TPSA) is 39.4 Å². The maximum absolute atomic E-state index is 12.4. The number of furan rings is 1. The molecule has 0 unspecified atom stereocenters. The Balaban J connectivity index is 1.61. The van der Waals surface area contributed by atoms with E-state index in [-0.39, 0.29) is 5.76 Å². The quantitative estimate of drug-likeness (QED) is 0.110. The van der Waals surface area contributed by atoms with Crippen molar-refractivity contribution in [3.8, 4) is 5.75 Å². The number of benzene rings is 3. The lowest BCUT2D eigenvalue weighted by atomic mass is 10.3. The summed E-state index contributed by atoms with van der Waals surface area (Å²) in [6, 6.07) is 30.5. The van der Waals surface area contributed by atoms with Gasteiger partial charge < -0.3 is 9.15 Å². The highest BCUT2D eigenvalue weighted by Gasteiger charge is 2.19. The molecule has 0 saturated heterocycles. The zero-order valence-corrected chi connectivity index (χ0v) is 20.3. The number of esters is 1. The highest BCUT2D eigenvalue weighted by atomic mass is 127. The third-order valence-electron chi connectivity index (χ3n) is 4.18. The molecular weight excluding hydrogens is 610 g/mol. The van der Waals surface area contributed by atoms with Gasteiger partial charge in [-0.1, -0.05) is 36.4 Å². The zero-order chi connectivity index (χ0) is 20.2. The van der Waals surface area contributed by atoms with Crippen molar-refractivity contribution in [1.29, 1.82) is 0 Å². The molecule has 0 N–H and O–H groups in total. The van der Waals surface area contributed by atoms with Crippen molar-refractivity contribution in [3.63, 3.8) is 0 Å². The molecule has 0 radical (unpaired) electrons. The van der Waals surface area contributed by atoms with Crippen LogP contribution in [-0.2, 0) is 0 Å². The van der Waals surface area contributed by atoms with E-state index in [4.69, 9.17) is 9.15 Å². The lowest BCUT2D eigenvalue weighted by Gasteiger charge is -2.23. The largest absolute Gasteiger partial charge is 0.442 e. The second kappa shape index (κ2) is 9.36. The summed E-state index contributed by atoms with van der Waals surface area (Å²) in [6.45, 7) is 0. The van der Waals surface area contributed by atoms with Gasteiger partial charge in [-0.15, -0.1) is 0 Å². The van der Waals surface area contributed by atoms with E-state index in [0.717, 1.165) is 3.57 Å². The third-order valence-corrected chi connectivity index (χ3v) is 7.95. The standard InChI is InChI=1S/C23H16I2O3S/c24-20-15-21(25)28-22(20)23(26)27-16-11-13-19(14-12-16)29(17-7-3-1-4-8-17)18-9-5-2-6-10-18/h1-15,29H. The molecule has 3 aromatic carbocycles. The number of halogens is 2. The molecule has 0 aliphatic rings.